The van der Waals surface area contributed by atoms with Gasteiger partial charge in [0.2, 0.25) is 0 Å². The zero-order chi connectivity index (χ0) is 25.5. The minimum absolute atomic E-state index is 0.128. The summed E-state index contributed by atoms with van der Waals surface area (Å²) in [6.07, 6.45) is 2.49. The van der Waals surface area contributed by atoms with Crippen LogP contribution in [0.1, 0.15) is 49.4 Å². The molecule has 0 saturated carbocycles. The van der Waals surface area contributed by atoms with E-state index in [4.69, 9.17) is 9.47 Å². The van der Waals surface area contributed by atoms with E-state index in [2.05, 4.69) is 11.8 Å². The maximum absolute atomic E-state index is 13.3. The predicted molar refractivity (Wildman–Crippen MR) is 139 cm³/mol. The van der Waals surface area contributed by atoms with Gasteiger partial charge in [-0.15, -0.1) is 0 Å². The van der Waals surface area contributed by atoms with E-state index in [0.717, 1.165) is 57.7 Å². The first kappa shape index (κ1) is 25.9. The van der Waals surface area contributed by atoms with Crippen molar-refractivity contribution in [3.63, 3.8) is 0 Å². The van der Waals surface area contributed by atoms with Crippen LogP contribution >= 0.6 is 0 Å². The van der Waals surface area contributed by atoms with Crippen LogP contribution in [0.25, 0.3) is 5.76 Å². The number of Topliss-reactive ketones (excluding diaryl/α,β-unsaturated/α-hetero) is 1. The lowest BCUT2D eigenvalue weighted by molar-refractivity contribution is -0.140. The number of ketones is 1. The molecule has 2 aromatic rings. The summed E-state index contributed by atoms with van der Waals surface area (Å²) in [4.78, 5) is 30.4. The standard InChI is InChI=1S/C29H36N2O5/c1-3-17-36-24-8-5-7-23(20-24)27(32)25-26(22-11-9-21(4-2)10-12-22)31(29(34)28(25)33)14-6-13-30-15-18-35-19-16-30/h5,7-12,20,26,32H,3-4,6,13-19H2,1-2H3. The topological polar surface area (TPSA) is 79.3 Å². The first-order valence-corrected chi connectivity index (χ1v) is 12.9. The third kappa shape index (κ3) is 5.79. The fraction of sp³-hybridized carbons (Fsp3) is 0.448. The van der Waals surface area contributed by atoms with Crippen molar-refractivity contribution in [1.82, 2.24) is 9.80 Å². The number of aliphatic hydroxyl groups excluding tert-OH is 1. The molecule has 192 valence electrons. The van der Waals surface area contributed by atoms with Gasteiger partial charge >= 0.3 is 0 Å². The Morgan fingerprint density at radius 3 is 2.50 bits per heavy atom. The summed E-state index contributed by atoms with van der Waals surface area (Å²) in [5.74, 6) is -0.773. The van der Waals surface area contributed by atoms with Crippen molar-refractivity contribution in [2.24, 2.45) is 0 Å². The summed E-state index contributed by atoms with van der Waals surface area (Å²) in [5, 5.41) is 11.3. The van der Waals surface area contributed by atoms with Gasteiger partial charge in [-0.3, -0.25) is 14.5 Å². The van der Waals surface area contributed by atoms with Gasteiger partial charge in [0.25, 0.3) is 11.7 Å². The molecule has 2 heterocycles. The van der Waals surface area contributed by atoms with Crippen LogP contribution in [-0.4, -0.2) is 72.6 Å². The molecule has 7 heteroatoms. The molecule has 0 bridgehead atoms. The van der Waals surface area contributed by atoms with Gasteiger partial charge in [-0.05, 0) is 42.5 Å². The summed E-state index contributed by atoms with van der Waals surface area (Å²) >= 11 is 0. The van der Waals surface area contributed by atoms with Crippen LogP contribution in [0.15, 0.2) is 54.1 Å². The van der Waals surface area contributed by atoms with E-state index in [1.54, 1.807) is 23.1 Å². The van der Waals surface area contributed by atoms with Crippen LogP contribution in [0.4, 0.5) is 0 Å². The Balaban J connectivity index is 1.66. The summed E-state index contributed by atoms with van der Waals surface area (Å²) in [5.41, 5.74) is 2.58. The monoisotopic (exact) mass is 492 g/mol. The zero-order valence-electron chi connectivity index (χ0n) is 21.2. The highest BCUT2D eigenvalue weighted by Crippen LogP contribution is 2.40. The number of hydrogen-bond donors (Lipinski definition) is 1. The number of ether oxygens (including phenoxy) is 2. The van der Waals surface area contributed by atoms with E-state index >= 15 is 0 Å². The lowest BCUT2D eigenvalue weighted by Crippen LogP contribution is -2.38. The molecule has 0 spiro atoms. The van der Waals surface area contributed by atoms with Gasteiger partial charge < -0.3 is 19.5 Å². The number of carbonyl (C=O) groups excluding carboxylic acids is 2. The highest BCUT2D eigenvalue weighted by molar-refractivity contribution is 6.46. The zero-order valence-corrected chi connectivity index (χ0v) is 21.2. The first-order chi connectivity index (χ1) is 17.5. The van der Waals surface area contributed by atoms with E-state index < -0.39 is 17.7 Å². The third-order valence-electron chi connectivity index (χ3n) is 6.80. The molecule has 0 radical (unpaired) electrons. The number of carbonyl (C=O) groups is 2. The van der Waals surface area contributed by atoms with Crippen molar-refractivity contribution in [3.8, 4) is 5.75 Å². The number of amides is 1. The molecule has 36 heavy (non-hydrogen) atoms. The van der Waals surface area contributed by atoms with Crippen LogP contribution in [0, 0.1) is 0 Å². The molecular weight excluding hydrogens is 456 g/mol. The van der Waals surface area contributed by atoms with Gasteiger partial charge in [-0.2, -0.15) is 0 Å². The van der Waals surface area contributed by atoms with Gasteiger partial charge in [0.15, 0.2) is 0 Å². The second-order valence-corrected chi connectivity index (χ2v) is 9.27. The summed E-state index contributed by atoms with van der Waals surface area (Å²) in [6.45, 7) is 9.10. The molecule has 2 saturated heterocycles. The van der Waals surface area contributed by atoms with Gasteiger partial charge in [0.1, 0.15) is 11.5 Å². The highest BCUT2D eigenvalue weighted by atomic mass is 16.5. The SMILES string of the molecule is CCCOc1cccc(C(O)=C2C(=O)C(=O)N(CCCN3CCOCC3)C2c2ccc(CC)cc2)c1. The van der Waals surface area contributed by atoms with Gasteiger partial charge in [0.05, 0.1) is 31.4 Å². The fourth-order valence-corrected chi connectivity index (χ4v) is 4.79. The summed E-state index contributed by atoms with van der Waals surface area (Å²) in [7, 11) is 0. The number of rotatable bonds is 10. The smallest absolute Gasteiger partial charge is 0.295 e. The molecule has 2 aliphatic heterocycles. The van der Waals surface area contributed by atoms with Crippen molar-refractivity contribution in [1.29, 1.82) is 0 Å². The van der Waals surface area contributed by atoms with Crippen LogP contribution in [0.2, 0.25) is 0 Å². The molecule has 0 aliphatic carbocycles. The molecule has 4 rings (SSSR count). The normalized spacial score (nSPS) is 20.2. The second kappa shape index (κ2) is 12.2. The van der Waals surface area contributed by atoms with Gasteiger partial charge in [0, 0.05) is 31.7 Å². The largest absolute Gasteiger partial charge is 0.507 e. The Bertz CT molecular complexity index is 1090. The first-order valence-electron chi connectivity index (χ1n) is 12.9. The fourth-order valence-electron chi connectivity index (χ4n) is 4.79. The quantitative estimate of drug-likeness (QED) is 0.305. The van der Waals surface area contributed by atoms with E-state index in [0.29, 0.717) is 24.5 Å². The van der Waals surface area contributed by atoms with Crippen molar-refractivity contribution in [2.75, 3.05) is 46.0 Å². The average Bonchev–Trinajstić information content (AvgIpc) is 3.17. The van der Waals surface area contributed by atoms with E-state index in [1.165, 1.54) is 5.56 Å². The molecule has 7 nitrogen and oxygen atoms in total. The Kier molecular flexibility index (Phi) is 8.78. The molecule has 1 atom stereocenters. The maximum Gasteiger partial charge on any atom is 0.295 e. The maximum atomic E-state index is 13.3. The lowest BCUT2D eigenvalue weighted by atomic mass is 9.94. The van der Waals surface area contributed by atoms with Crippen LogP contribution in [0.5, 0.6) is 5.75 Å². The van der Waals surface area contributed by atoms with Crippen LogP contribution in [-0.2, 0) is 20.7 Å². The number of aliphatic hydroxyl groups is 1. The Hall–Kier alpha value is -3.16. The molecular formula is C29H36N2O5. The Morgan fingerprint density at radius 2 is 1.81 bits per heavy atom. The minimum atomic E-state index is -0.650. The number of likely N-dealkylation sites (tertiary alicyclic amines) is 1. The number of morpholine rings is 1. The number of aryl methyl sites for hydroxylation is 1. The summed E-state index contributed by atoms with van der Waals surface area (Å²) < 4.78 is 11.1. The van der Waals surface area contributed by atoms with Crippen molar-refractivity contribution < 1.29 is 24.2 Å². The van der Waals surface area contributed by atoms with Crippen molar-refractivity contribution >= 4 is 17.4 Å². The van der Waals surface area contributed by atoms with Crippen LogP contribution in [0.3, 0.4) is 0 Å². The number of nitrogens with zero attached hydrogens (tertiary/aromatic N) is 2. The molecule has 2 aliphatic rings. The molecule has 2 fully saturated rings. The van der Waals surface area contributed by atoms with E-state index in [1.807, 2.05) is 37.3 Å². The highest BCUT2D eigenvalue weighted by Gasteiger charge is 2.45. The Morgan fingerprint density at radius 1 is 1.06 bits per heavy atom. The van der Waals surface area contributed by atoms with Crippen molar-refractivity contribution in [2.45, 2.75) is 39.2 Å². The average molecular weight is 493 g/mol. The van der Waals surface area contributed by atoms with Gasteiger partial charge in [-0.1, -0.05) is 50.2 Å². The van der Waals surface area contributed by atoms with Gasteiger partial charge in [-0.25, -0.2) is 0 Å². The predicted octanol–water partition coefficient (Wildman–Crippen LogP) is 4.18. The van der Waals surface area contributed by atoms with E-state index in [9.17, 15) is 14.7 Å². The molecule has 1 N–H and O–H groups in total. The summed E-state index contributed by atoms with van der Waals surface area (Å²) in [6, 6.07) is 14.4. The van der Waals surface area contributed by atoms with Crippen LogP contribution < -0.4 is 4.74 Å². The molecule has 1 unspecified atom stereocenters. The third-order valence-corrected chi connectivity index (χ3v) is 6.80. The second-order valence-electron chi connectivity index (χ2n) is 9.27. The lowest BCUT2D eigenvalue weighted by Gasteiger charge is -2.29. The number of benzene rings is 2. The number of hydrogen-bond acceptors (Lipinski definition) is 6. The molecule has 2 aromatic carbocycles. The molecule has 0 aromatic heterocycles. The minimum Gasteiger partial charge on any atom is -0.507 e. The molecule has 1 amide bonds. The Labute approximate surface area is 213 Å². The van der Waals surface area contributed by atoms with Crippen molar-refractivity contribution in [3.05, 3.63) is 70.8 Å². The van der Waals surface area contributed by atoms with E-state index in [-0.39, 0.29) is 11.3 Å².